The minimum Gasteiger partial charge on any atom is -0.497 e. The van der Waals surface area contributed by atoms with Crippen LogP contribution in [-0.2, 0) is 6.42 Å². The van der Waals surface area contributed by atoms with Gasteiger partial charge in [0, 0.05) is 0 Å². The average molecular weight is 344 g/mol. The van der Waals surface area contributed by atoms with Crippen LogP contribution in [0.5, 0.6) is 5.75 Å². The summed E-state index contributed by atoms with van der Waals surface area (Å²) in [4.78, 5) is 0. The van der Waals surface area contributed by atoms with Gasteiger partial charge in [-0.1, -0.05) is 18.2 Å². The van der Waals surface area contributed by atoms with Gasteiger partial charge in [-0.15, -0.1) is 11.6 Å². The summed E-state index contributed by atoms with van der Waals surface area (Å²) in [5, 5.41) is -0.269. The van der Waals surface area contributed by atoms with Crippen LogP contribution in [-0.4, -0.2) is 7.11 Å². The second-order valence-electron chi connectivity index (χ2n) is 4.20. The first kappa shape index (κ1) is 14.4. The second-order valence-corrected chi connectivity index (χ2v) is 5.58. The summed E-state index contributed by atoms with van der Waals surface area (Å²) < 4.78 is 19.1. The summed E-state index contributed by atoms with van der Waals surface area (Å²) in [5.74, 6) is 0.497. The Bertz CT molecular complexity index is 574. The lowest BCUT2D eigenvalue weighted by Crippen LogP contribution is -1.97. The van der Waals surface area contributed by atoms with E-state index in [-0.39, 0.29) is 11.2 Å². The van der Waals surface area contributed by atoms with E-state index >= 15 is 0 Å². The van der Waals surface area contributed by atoms with Crippen LogP contribution < -0.4 is 4.74 Å². The van der Waals surface area contributed by atoms with Crippen LogP contribution >= 0.6 is 27.5 Å². The van der Waals surface area contributed by atoms with Gasteiger partial charge in [-0.05, 0) is 57.7 Å². The fourth-order valence-electron chi connectivity index (χ4n) is 1.83. The molecule has 0 aromatic heterocycles. The van der Waals surface area contributed by atoms with Gasteiger partial charge in [0.1, 0.15) is 11.6 Å². The highest BCUT2D eigenvalue weighted by atomic mass is 79.9. The normalized spacial score (nSPS) is 12.2. The van der Waals surface area contributed by atoms with Crippen molar-refractivity contribution in [2.24, 2.45) is 0 Å². The van der Waals surface area contributed by atoms with Crippen LogP contribution in [0.1, 0.15) is 16.5 Å². The third-order valence-corrected chi connectivity index (χ3v) is 3.90. The molecule has 0 bridgehead atoms. The standard InChI is InChI=1S/C15H13BrClFO/c1-19-12-4-2-3-10(7-12)8-14(17)11-5-6-13(16)15(18)9-11/h2-7,9,14H,8H2,1H3. The lowest BCUT2D eigenvalue weighted by Gasteiger charge is -2.11. The lowest BCUT2D eigenvalue weighted by molar-refractivity contribution is 0.414. The summed E-state index contributed by atoms with van der Waals surface area (Å²) in [6, 6.07) is 12.7. The van der Waals surface area contributed by atoms with E-state index < -0.39 is 0 Å². The van der Waals surface area contributed by atoms with E-state index in [0.717, 1.165) is 16.9 Å². The lowest BCUT2D eigenvalue weighted by atomic mass is 10.0. The summed E-state index contributed by atoms with van der Waals surface area (Å²) >= 11 is 9.47. The fourth-order valence-corrected chi connectivity index (χ4v) is 2.39. The van der Waals surface area contributed by atoms with Crippen molar-refractivity contribution in [2.45, 2.75) is 11.8 Å². The van der Waals surface area contributed by atoms with Crippen molar-refractivity contribution in [1.82, 2.24) is 0 Å². The molecule has 0 N–H and O–H groups in total. The highest BCUT2D eigenvalue weighted by Crippen LogP contribution is 2.28. The van der Waals surface area contributed by atoms with Crippen LogP contribution in [0.2, 0.25) is 0 Å². The average Bonchev–Trinajstić information content (AvgIpc) is 2.42. The Kier molecular flexibility index (Phi) is 4.83. The molecule has 19 heavy (non-hydrogen) atoms. The Morgan fingerprint density at radius 1 is 1.26 bits per heavy atom. The van der Waals surface area contributed by atoms with E-state index in [1.165, 1.54) is 6.07 Å². The van der Waals surface area contributed by atoms with E-state index in [2.05, 4.69) is 15.9 Å². The monoisotopic (exact) mass is 342 g/mol. The molecule has 0 saturated carbocycles. The largest absolute Gasteiger partial charge is 0.497 e. The zero-order valence-electron chi connectivity index (χ0n) is 10.4. The number of benzene rings is 2. The van der Waals surface area contributed by atoms with Crippen molar-refractivity contribution in [1.29, 1.82) is 0 Å². The minimum atomic E-state index is -0.297. The van der Waals surface area contributed by atoms with Crippen LogP contribution in [0.15, 0.2) is 46.9 Å². The second kappa shape index (κ2) is 6.40. The van der Waals surface area contributed by atoms with Crippen molar-refractivity contribution in [2.75, 3.05) is 7.11 Å². The highest BCUT2D eigenvalue weighted by Gasteiger charge is 2.11. The Morgan fingerprint density at radius 3 is 2.74 bits per heavy atom. The van der Waals surface area contributed by atoms with Crippen molar-refractivity contribution in [3.05, 3.63) is 63.9 Å². The maximum atomic E-state index is 13.5. The molecule has 0 heterocycles. The fraction of sp³-hybridized carbons (Fsp3) is 0.200. The van der Waals surface area contributed by atoms with Gasteiger partial charge in [0.25, 0.3) is 0 Å². The molecular formula is C15H13BrClFO. The van der Waals surface area contributed by atoms with E-state index in [9.17, 15) is 4.39 Å². The van der Waals surface area contributed by atoms with E-state index in [1.807, 2.05) is 30.3 Å². The maximum absolute atomic E-state index is 13.5. The van der Waals surface area contributed by atoms with Crippen molar-refractivity contribution in [3.8, 4) is 5.75 Å². The molecular weight excluding hydrogens is 331 g/mol. The van der Waals surface area contributed by atoms with E-state index in [1.54, 1.807) is 13.2 Å². The molecule has 0 aliphatic rings. The first-order chi connectivity index (χ1) is 9.10. The maximum Gasteiger partial charge on any atom is 0.137 e. The SMILES string of the molecule is COc1cccc(CC(Cl)c2ccc(Br)c(F)c2)c1. The number of hydrogen-bond donors (Lipinski definition) is 0. The van der Waals surface area contributed by atoms with Gasteiger partial charge in [0.15, 0.2) is 0 Å². The van der Waals surface area contributed by atoms with Gasteiger partial charge >= 0.3 is 0 Å². The smallest absolute Gasteiger partial charge is 0.137 e. The van der Waals surface area contributed by atoms with Crippen molar-refractivity contribution < 1.29 is 9.13 Å². The summed E-state index contributed by atoms with van der Waals surface area (Å²) in [7, 11) is 1.63. The van der Waals surface area contributed by atoms with Gasteiger partial charge in [-0.3, -0.25) is 0 Å². The summed E-state index contributed by atoms with van der Waals surface area (Å²) in [6.45, 7) is 0. The van der Waals surface area contributed by atoms with Gasteiger partial charge in [0.05, 0.1) is 17.0 Å². The first-order valence-electron chi connectivity index (χ1n) is 5.82. The van der Waals surface area contributed by atoms with Gasteiger partial charge < -0.3 is 4.74 Å². The third kappa shape index (κ3) is 3.71. The van der Waals surface area contributed by atoms with Gasteiger partial charge in [-0.25, -0.2) is 4.39 Å². The van der Waals surface area contributed by atoms with Crippen molar-refractivity contribution >= 4 is 27.5 Å². The molecule has 0 amide bonds. The molecule has 4 heteroatoms. The number of methoxy groups -OCH3 is 1. The predicted octanol–water partition coefficient (Wildman–Crippen LogP) is 5.12. The zero-order valence-corrected chi connectivity index (χ0v) is 12.7. The molecule has 1 nitrogen and oxygen atoms in total. The topological polar surface area (TPSA) is 9.23 Å². The molecule has 2 aromatic rings. The number of ether oxygens (including phenoxy) is 1. The van der Waals surface area contributed by atoms with Crippen LogP contribution in [0.25, 0.3) is 0 Å². The molecule has 0 aliphatic carbocycles. The molecule has 2 aromatic carbocycles. The first-order valence-corrected chi connectivity index (χ1v) is 7.05. The molecule has 0 spiro atoms. The minimum absolute atomic E-state index is 0.269. The molecule has 1 unspecified atom stereocenters. The van der Waals surface area contributed by atoms with Crippen LogP contribution in [0.4, 0.5) is 4.39 Å². The molecule has 1 atom stereocenters. The Hall–Kier alpha value is -1.06. The molecule has 100 valence electrons. The molecule has 0 saturated heterocycles. The molecule has 0 fully saturated rings. The summed E-state index contributed by atoms with van der Waals surface area (Å²) in [5.41, 5.74) is 1.83. The predicted molar refractivity (Wildman–Crippen MR) is 79.4 cm³/mol. The number of rotatable bonds is 4. The quantitative estimate of drug-likeness (QED) is 0.700. The van der Waals surface area contributed by atoms with E-state index in [0.29, 0.717) is 10.9 Å². The Balaban J connectivity index is 2.15. The Labute approximate surface area is 125 Å². The van der Waals surface area contributed by atoms with Gasteiger partial charge in [0.2, 0.25) is 0 Å². The Morgan fingerprint density at radius 2 is 2.05 bits per heavy atom. The van der Waals surface area contributed by atoms with E-state index in [4.69, 9.17) is 16.3 Å². The summed E-state index contributed by atoms with van der Waals surface area (Å²) in [6.07, 6.45) is 0.625. The van der Waals surface area contributed by atoms with Crippen molar-refractivity contribution in [3.63, 3.8) is 0 Å². The number of hydrogen-bond acceptors (Lipinski definition) is 1. The number of alkyl halides is 1. The van der Waals surface area contributed by atoms with Gasteiger partial charge in [-0.2, -0.15) is 0 Å². The van der Waals surface area contributed by atoms with Crippen LogP contribution in [0.3, 0.4) is 0 Å². The molecule has 0 aliphatic heterocycles. The molecule has 2 rings (SSSR count). The number of halogens is 3. The van der Waals surface area contributed by atoms with Crippen LogP contribution in [0, 0.1) is 5.82 Å². The third-order valence-electron chi connectivity index (χ3n) is 2.85. The zero-order chi connectivity index (χ0) is 13.8. The molecule has 0 radical (unpaired) electrons. The highest BCUT2D eigenvalue weighted by molar-refractivity contribution is 9.10.